The molecule has 0 radical (unpaired) electrons. The van der Waals surface area contributed by atoms with Gasteiger partial charge in [-0.2, -0.15) is 5.26 Å². The number of ether oxygens (including phenoxy) is 1. The smallest absolute Gasteiger partial charge is 0.248 e. The maximum Gasteiger partial charge on any atom is 0.248 e. The van der Waals surface area contributed by atoms with Gasteiger partial charge in [0.2, 0.25) is 5.91 Å². The van der Waals surface area contributed by atoms with E-state index in [0.717, 1.165) is 44.5 Å². The van der Waals surface area contributed by atoms with E-state index in [1.54, 1.807) is 6.07 Å². The van der Waals surface area contributed by atoms with E-state index in [0.29, 0.717) is 29.4 Å². The lowest BCUT2D eigenvalue weighted by Crippen LogP contribution is -2.50. The van der Waals surface area contributed by atoms with Crippen LogP contribution in [-0.2, 0) is 9.53 Å². The average Bonchev–Trinajstić information content (AvgIpc) is 2.88. The molecular weight excluding hydrogens is 470 g/mol. The lowest BCUT2D eigenvalue weighted by molar-refractivity contribution is -0.139. The van der Waals surface area contributed by atoms with Crippen LogP contribution >= 0.6 is 11.6 Å². The zero-order valence-electron chi connectivity index (χ0n) is 19.4. The Labute approximate surface area is 210 Å². The number of hydrogen-bond acceptors (Lipinski definition) is 8. The summed E-state index contributed by atoms with van der Waals surface area (Å²) < 4.78 is 5.95. The molecule has 1 saturated heterocycles. The van der Waals surface area contributed by atoms with Crippen molar-refractivity contribution in [2.24, 2.45) is 0 Å². The Kier molecular flexibility index (Phi) is 8.31. The van der Waals surface area contributed by atoms with Gasteiger partial charge in [0.25, 0.3) is 0 Å². The van der Waals surface area contributed by atoms with E-state index in [1.165, 1.54) is 12.1 Å². The van der Waals surface area contributed by atoms with Crippen molar-refractivity contribution >= 4 is 34.6 Å². The number of hydrogen-bond donors (Lipinski definition) is 3. The number of nitriles is 1. The van der Waals surface area contributed by atoms with Crippen molar-refractivity contribution in [2.45, 2.75) is 37.8 Å². The molecule has 0 atom stereocenters. The number of nitrogens with one attached hydrogen (secondary N) is 1. The minimum absolute atomic E-state index is 0.00595. The molecule has 0 aromatic heterocycles. The molecule has 2 aliphatic rings. The van der Waals surface area contributed by atoms with Gasteiger partial charge in [-0.15, -0.1) is 5.23 Å². The maximum atomic E-state index is 12.7. The van der Waals surface area contributed by atoms with Crippen LogP contribution in [0.25, 0.3) is 0 Å². The number of anilines is 3. The fraction of sp³-hybridized carbons (Fsp3) is 0.440. The van der Waals surface area contributed by atoms with Gasteiger partial charge in [0.05, 0.1) is 23.0 Å². The zero-order chi connectivity index (χ0) is 24.8. The van der Waals surface area contributed by atoms with E-state index in [-0.39, 0.29) is 35.6 Å². The Hall–Kier alpha value is -3.03. The predicted octanol–water partition coefficient (Wildman–Crippen LogP) is 3.88. The Balaban J connectivity index is 1.18. The first-order valence-electron chi connectivity index (χ1n) is 11.8. The highest BCUT2D eigenvalue weighted by molar-refractivity contribution is 6.30. The van der Waals surface area contributed by atoms with Crippen LogP contribution in [-0.4, -0.2) is 66.2 Å². The zero-order valence-corrected chi connectivity index (χ0v) is 20.2. The molecule has 9 nitrogen and oxygen atoms in total. The van der Waals surface area contributed by atoms with Crippen LogP contribution in [0.15, 0.2) is 42.5 Å². The predicted molar refractivity (Wildman–Crippen MR) is 133 cm³/mol. The molecular formula is C25H30ClN5O4. The number of rotatable bonds is 7. The standard InChI is InChI=1S/C25H30ClN5O4/c26-19-1-5-21(6-2-19)29-11-13-30(14-12-29)25(32)17-35-23-8-3-20(4-9-23)28-24-10-7-22(31(33)34)15-18(24)16-27/h1-2,5-7,10,15,20,23,28,33-34H,3-4,8-9,11-14,17H2. The van der Waals surface area contributed by atoms with Gasteiger partial charge in [0.1, 0.15) is 12.7 Å². The molecule has 3 N–H and O–H groups in total. The van der Waals surface area contributed by atoms with Gasteiger partial charge in [0, 0.05) is 42.9 Å². The van der Waals surface area contributed by atoms with Crippen molar-refractivity contribution in [3.05, 3.63) is 53.1 Å². The first kappa shape index (κ1) is 25.1. The van der Waals surface area contributed by atoms with E-state index >= 15 is 0 Å². The van der Waals surface area contributed by atoms with Crippen molar-refractivity contribution in [3.63, 3.8) is 0 Å². The third-order valence-electron chi connectivity index (χ3n) is 6.66. The van der Waals surface area contributed by atoms with Gasteiger partial charge in [-0.3, -0.25) is 15.2 Å². The van der Waals surface area contributed by atoms with Gasteiger partial charge in [0.15, 0.2) is 0 Å². The highest BCUT2D eigenvalue weighted by atomic mass is 35.5. The van der Waals surface area contributed by atoms with Crippen LogP contribution in [0.4, 0.5) is 17.1 Å². The topological polar surface area (TPSA) is 112 Å². The number of halogens is 1. The fourth-order valence-electron chi connectivity index (χ4n) is 4.62. The van der Waals surface area contributed by atoms with E-state index in [4.69, 9.17) is 26.8 Å². The Morgan fingerprint density at radius 1 is 1.09 bits per heavy atom. The molecule has 4 rings (SSSR count). The summed E-state index contributed by atoms with van der Waals surface area (Å²) in [6, 6.07) is 14.6. The monoisotopic (exact) mass is 499 g/mol. The Bertz CT molecular complexity index is 1040. The molecule has 1 heterocycles. The highest BCUT2D eigenvalue weighted by Gasteiger charge is 2.25. The molecule has 10 heteroatoms. The average molecular weight is 500 g/mol. The lowest BCUT2D eigenvalue weighted by atomic mass is 9.92. The number of benzene rings is 2. The summed E-state index contributed by atoms with van der Waals surface area (Å²) in [5.74, 6) is 0.0292. The lowest BCUT2D eigenvalue weighted by Gasteiger charge is -2.36. The van der Waals surface area contributed by atoms with Crippen molar-refractivity contribution in [1.29, 1.82) is 5.26 Å². The van der Waals surface area contributed by atoms with Gasteiger partial charge < -0.3 is 19.9 Å². The number of amides is 1. The molecule has 2 fully saturated rings. The molecule has 0 unspecified atom stereocenters. The summed E-state index contributed by atoms with van der Waals surface area (Å²) in [6.07, 6.45) is 3.42. The summed E-state index contributed by atoms with van der Waals surface area (Å²) >= 11 is 5.97. The van der Waals surface area contributed by atoms with Crippen molar-refractivity contribution in [3.8, 4) is 6.07 Å². The van der Waals surface area contributed by atoms with Crippen LogP contribution in [0.1, 0.15) is 31.2 Å². The van der Waals surface area contributed by atoms with E-state index in [9.17, 15) is 10.1 Å². The van der Waals surface area contributed by atoms with Crippen LogP contribution in [0.2, 0.25) is 5.02 Å². The van der Waals surface area contributed by atoms with Gasteiger partial charge in [-0.25, -0.2) is 0 Å². The second-order valence-corrected chi connectivity index (χ2v) is 9.34. The van der Waals surface area contributed by atoms with Crippen LogP contribution in [0, 0.1) is 11.3 Å². The molecule has 186 valence electrons. The maximum absolute atomic E-state index is 12.7. The number of carbonyl (C=O) groups excluding carboxylic acids is 1. The SMILES string of the molecule is N#Cc1cc(N(O)O)ccc1NC1CCC(OCC(=O)N2CCN(c3ccc(Cl)cc3)CC2)CC1. The molecule has 1 aliphatic carbocycles. The van der Waals surface area contributed by atoms with Crippen LogP contribution in [0.5, 0.6) is 0 Å². The van der Waals surface area contributed by atoms with Crippen molar-refractivity contribution in [2.75, 3.05) is 48.2 Å². The van der Waals surface area contributed by atoms with Gasteiger partial charge >= 0.3 is 0 Å². The summed E-state index contributed by atoms with van der Waals surface area (Å²) in [5, 5.41) is 31.7. The normalized spacial score (nSPS) is 20.3. The summed E-state index contributed by atoms with van der Waals surface area (Å²) in [4.78, 5) is 16.8. The molecule has 0 spiro atoms. The van der Waals surface area contributed by atoms with Crippen LogP contribution < -0.4 is 15.4 Å². The molecule has 0 bridgehead atoms. The first-order chi connectivity index (χ1) is 16.9. The van der Waals surface area contributed by atoms with E-state index in [1.807, 2.05) is 29.2 Å². The summed E-state index contributed by atoms with van der Waals surface area (Å²) in [5.41, 5.74) is 2.25. The minimum atomic E-state index is -0.00595. The van der Waals surface area contributed by atoms with Crippen molar-refractivity contribution < 1.29 is 19.9 Å². The molecule has 1 amide bonds. The molecule has 35 heavy (non-hydrogen) atoms. The molecule has 2 aromatic rings. The third kappa shape index (κ3) is 6.55. The number of carbonyl (C=O) groups is 1. The summed E-state index contributed by atoms with van der Waals surface area (Å²) in [6.45, 7) is 3.01. The first-order valence-corrected chi connectivity index (χ1v) is 12.2. The molecule has 2 aromatic carbocycles. The molecule has 1 aliphatic heterocycles. The second-order valence-electron chi connectivity index (χ2n) is 8.90. The quantitative estimate of drug-likeness (QED) is 0.492. The van der Waals surface area contributed by atoms with Gasteiger partial charge in [-0.05, 0) is 68.1 Å². The molecule has 1 saturated carbocycles. The largest absolute Gasteiger partial charge is 0.381 e. The van der Waals surface area contributed by atoms with Crippen molar-refractivity contribution in [1.82, 2.24) is 4.90 Å². The number of nitrogens with zero attached hydrogens (tertiary/aromatic N) is 4. The minimum Gasteiger partial charge on any atom is -0.381 e. The van der Waals surface area contributed by atoms with Crippen LogP contribution in [0.3, 0.4) is 0 Å². The number of piperazine rings is 1. The van der Waals surface area contributed by atoms with E-state index in [2.05, 4.69) is 16.3 Å². The van der Waals surface area contributed by atoms with E-state index < -0.39 is 0 Å². The Morgan fingerprint density at radius 3 is 2.40 bits per heavy atom. The highest BCUT2D eigenvalue weighted by Crippen LogP contribution is 2.28. The fourth-order valence-corrected chi connectivity index (χ4v) is 4.74. The Morgan fingerprint density at radius 2 is 1.77 bits per heavy atom. The third-order valence-corrected chi connectivity index (χ3v) is 6.91. The summed E-state index contributed by atoms with van der Waals surface area (Å²) in [7, 11) is 0. The second kappa shape index (κ2) is 11.6. The van der Waals surface area contributed by atoms with Gasteiger partial charge in [-0.1, -0.05) is 11.6 Å².